The Labute approximate surface area is 128 Å². The summed E-state index contributed by atoms with van der Waals surface area (Å²) in [5, 5.41) is 6.78. The highest BCUT2D eigenvalue weighted by Crippen LogP contribution is 2.25. The van der Waals surface area contributed by atoms with Crippen molar-refractivity contribution in [1.82, 2.24) is 15.5 Å². The Hall–Kier alpha value is -1.55. The molecule has 2 N–H and O–H groups in total. The van der Waals surface area contributed by atoms with Crippen LogP contribution in [0.1, 0.15) is 25.3 Å². The van der Waals surface area contributed by atoms with Crippen LogP contribution < -0.4 is 10.6 Å². The molecule has 1 saturated carbocycles. The summed E-state index contributed by atoms with van der Waals surface area (Å²) in [4.78, 5) is 6.82. The van der Waals surface area contributed by atoms with Crippen molar-refractivity contribution in [3.63, 3.8) is 0 Å². The number of likely N-dealkylation sites (N-methyl/N-ethyl adjacent to an activating group) is 1. The van der Waals surface area contributed by atoms with Gasteiger partial charge >= 0.3 is 0 Å². The summed E-state index contributed by atoms with van der Waals surface area (Å²) in [6.07, 6.45) is 3.76. The minimum absolute atomic E-state index is 0.838. The van der Waals surface area contributed by atoms with Crippen LogP contribution in [0, 0.1) is 0 Å². The van der Waals surface area contributed by atoms with Gasteiger partial charge in [0.15, 0.2) is 5.96 Å². The van der Waals surface area contributed by atoms with Crippen molar-refractivity contribution >= 4 is 5.96 Å². The lowest BCUT2D eigenvalue weighted by molar-refractivity contribution is 0.282. The summed E-state index contributed by atoms with van der Waals surface area (Å²) in [6.45, 7) is 6.34. The summed E-state index contributed by atoms with van der Waals surface area (Å²) in [7, 11) is 1.83. The number of guanidine groups is 1. The second kappa shape index (κ2) is 8.67. The van der Waals surface area contributed by atoms with E-state index >= 15 is 0 Å². The predicted octanol–water partition coefficient (Wildman–Crippen LogP) is 1.88. The molecule has 4 heteroatoms. The van der Waals surface area contributed by atoms with Crippen molar-refractivity contribution in [3.05, 3.63) is 35.9 Å². The molecular weight excluding hydrogens is 260 g/mol. The highest BCUT2D eigenvalue weighted by atomic mass is 15.2. The van der Waals surface area contributed by atoms with Crippen LogP contribution in [0.15, 0.2) is 35.3 Å². The molecule has 0 heterocycles. The lowest BCUT2D eigenvalue weighted by Gasteiger charge is -2.20. The minimum atomic E-state index is 0.838. The molecule has 1 fully saturated rings. The van der Waals surface area contributed by atoms with Gasteiger partial charge in [0.25, 0.3) is 0 Å². The zero-order valence-corrected chi connectivity index (χ0v) is 13.3. The largest absolute Gasteiger partial charge is 0.356 e. The Bertz CT molecular complexity index is 426. The molecule has 116 valence electrons. The van der Waals surface area contributed by atoms with Gasteiger partial charge in [-0.15, -0.1) is 0 Å². The van der Waals surface area contributed by atoms with E-state index in [1.807, 2.05) is 7.05 Å². The van der Waals surface area contributed by atoms with E-state index in [1.165, 1.54) is 18.4 Å². The molecule has 0 bridgehead atoms. The van der Waals surface area contributed by atoms with Crippen LogP contribution in [0.3, 0.4) is 0 Å². The van der Waals surface area contributed by atoms with Gasteiger partial charge in [-0.3, -0.25) is 9.89 Å². The Morgan fingerprint density at radius 1 is 1.19 bits per heavy atom. The van der Waals surface area contributed by atoms with E-state index in [0.717, 1.165) is 44.6 Å². The summed E-state index contributed by atoms with van der Waals surface area (Å²) < 4.78 is 0. The Balaban J connectivity index is 1.61. The van der Waals surface area contributed by atoms with Gasteiger partial charge in [0.2, 0.25) is 0 Å². The molecule has 4 nitrogen and oxygen atoms in total. The fourth-order valence-corrected chi connectivity index (χ4v) is 2.55. The molecule has 1 aromatic rings. The monoisotopic (exact) mass is 288 g/mol. The first-order valence-electron chi connectivity index (χ1n) is 8.06. The van der Waals surface area contributed by atoms with Crippen LogP contribution in [-0.2, 0) is 6.42 Å². The summed E-state index contributed by atoms with van der Waals surface area (Å²) in [5.74, 6) is 0.901. The van der Waals surface area contributed by atoms with E-state index in [4.69, 9.17) is 0 Å². The average Bonchev–Trinajstić information content (AvgIpc) is 3.35. The maximum Gasteiger partial charge on any atom is 0.191 e. The molecule has 0 saturated heterocycles. The minimum Gasteiger partial charge on any atom is -0.356 e. The maximum atomic E-state index is 4.28. The Kier molecular flexibility index (Phi) is 6.54. The van der Waals surface area contributed by atoms with Gasteiger partial charge in [-0.05, 0) is 31.4 Å². The maximum absolute atomic E-state index is 4.28. The highest BCUT2D eigenvalue weighted by molar-refractivity contribution is 5.79. The van der Waals surface area contributed by atoms with Crippen molar-refractivity contribution in [3.8, 4) is 0 Å². The Morgan fingerprint density at radius 3 is 2.52 bits per heavy atom. The molecule has 0 aliphatic heterocycles. The first kappa shape index (κ1) is 15.8. The quantitative estimate of drug-likeness (QED) is 0.567. The van der Waals surface area contributed by atoms with Crippen LogP contribution in [-0.4, -0.2) is 50.1 Å². The third-order valence-corrected chi connectivity index (χ3v) is 3.93. The van der Waals surface area contributed by atoms with Crippen molar-refractivity contribution in [1.29, 1.82) is 0 Å². The topological polar surface area (TPSA) is 39.7 Å². The molecule has 0 unspecified atom stereocenters. The third kappa shape index (κ3) is 5.76. The molecular formula is C17H28N4. The lowest BCUT2D eigenvalue weighted by Crippen LogP contribution is -2.42. The number of hydrogen-bond donors (Lipinski definition) is 2. The van der Waals surface area contributed by atoms with Gasteiger partial charge in [-0.1, -0.05) is 37.3 Å². The predicted molar refractivity (Wildman–Crippen MR) is 89.8 cm³/mol. The van der Waals surface area contributed by atoms with Crippen molar-refractivity contribution in [2.24, 2.45) is 4.99 Å². The van der Waals surface area contributed by atoms with Crippen molar-refractivity contribution in [2.45, 2.75) is 32.2 Å². The van der Waals surface area contributed by atoms with Gasteiger partial charge in [-0.25, -0.2) is 0 Å². The molecule has 0 aromatic heterocycles. The summed E-state index contributed by atoms with van der Waals surface area (Å²) >= 11 is 0. The molecule has 0 atom stereocenters. The van der Waals surface area contributed by atoms with Crippen LogP contribution in [0.5, 0.6) is 0 Å². The lowest BCUT2D eigenvalue weighted by atomic mass is 10.1. The normalized spacial score (nSPS) is 15.3. The van der Waals surface area contributed by atoms with E-state index < -0.39 is 0 Å². The fraction of sp³-hybridized carbons (Fsp3) is 0.588. The first-order valence-corrected chi connectivity index (χ1v) is 8.06. The van der Waals surface area contributed by atoms with E-state index in [2.05, 4.69) is 57.8 Å². The van der Waals surface area contributed by atoms with E-state index in [-0.39, 0.29) is 0 Å². The van der Waals surface area contributed by atoms with Crippen LogP contribution >= 0.6 is 0 Å². The molecule has 1 aliphatic carbocycles. The van der Waals surface area contributed by atoms with Gasteiger partial charge in [0.1, 0.15) is 0 Å². The molecule has 0 amide bonds. The number of benzene rings is 1. The second-order valence-corrected chi connectivity index (χ2v) is 5.52. The van der Waals surface area contributed by atoms with Crippen LogP contribution in [0.25, 0.3) is 0 Å². The van der Waals surface area contributed by atoms with E-state index in [1.54, 1.807) is 0 Å². The summed E-state index contributed by atoms with van der Waals surface area (Å²) in [5.41, 5.74) is 1.35. The third-order valence-electron chi connectivity index (χ3n) is 3.93. The molecule has 2 rings (SSSR count). The fourth-order valence-electron chi connectivity index (χ4n) is 2.55. The number of nitrogens with zero attached hydrogens (tertiary/aromatic N) is 2. The van der Waals surface area contributed by atoms with E-state index in [0.29, 0.717) is 0 Å². The summed E-state index contributed by atoms with van der Waals surface area (Å²) in [6, 6.07) is 11.4. The molecule has 21 heavy (non-hydrogen) atoms. The smallest absolute Gasteiger partial charge is 0.191 e. The molecule has 1 aliphatic rings. The van der Waals surface area contributed by atoms with Gasteiger partial charge in [0.05, 0.1) is 0 Å². The standard InChI is InChI=1S/C17H28N4/c1-3-21(16-9-10-16)14-13-20-17(18-2)19-12-11-15-7-5-4-6-8-15/h4-8,16H,3,9-14H2,1-2H3,(H2,18,19,20). The SMILES string of the molecule is CCN(CCNC(=NC)NCCc1ccccc1)C1CC1. The molecule has 0 radical (unpaired) electrons. The number of hydrogen-bond acceptors (Lipinski definition) is 2. The number of nitrogens with one attached hydrogen (secondary N) is 2. The Morgan fingerprint density at radius 2 is 1.90 bits per heavy atom. The van der Waals surface area contributed by atoms with Crippen molar-refractivity contribution in [2.75, 3.05) is 33.2 Å². The zero-order valence-electron chi connectivity index (χ0n) is 13.3. The molecule has 1 aromatic carbocycles. The van der Waals surface area contributed by atoms with Crippen LogP contribution in [0.2, 0.25) is 0 Å². The van der Waals surface area contributed by atoms with E-state index in [9.17, 15) is 0 Å². The van der Waals surface area contributed by atoms with Crippen LogP contribution in [0.4, 0.5) is 0 Å². The number of aliphatic imine (C=N–C) groups is 1. The average molecular weight is 288 g/mol. The highest BCUT2D eigenvalue weighted by Gasteiger charge is 2.27. The zero-order chi connectivity index (χ0) is 14.9. The first-order chi connectivity index (χ1) is 10.3. The van der Waals surface area contributed by atoms with Gasteiger partial charge in [0, 0.05) is 32.7 Å². The van der Waals surface area contributed by atoms with Gasteiger partial charge < -0.3 is 10.6 Å². The van der Waals surface area contributed by atoms with Crippen molar-refractivity contribution < 1.29 is 0 Å². The second-order valence-electron chi connectivity index (χ2n) is 5.52. The number of rotatable bonds is 8. The van der Waals surface area contributed by atoms with Gasteiger partial charge in [-0.2, -0.15) is 0 Å². The molecule has 0 spiro atoms.